The highest BCUT2D eigenvalue weighted by Gasteiger charge is 2.23. The Balaban J connectivity index is 1.82. The molecule has 0 radical (unpaired) electrons. The first-order valence-corrected chi connectivity index (χ1v) is 12.8. The lowest BCUT2D eigenvalue weighted by Gasteiger charge is -2.23. The number of hydrogen-bond acceptors (Lipinski definition) is 4. The molecule has 0 fully saturated rings. The van der Waals surface area contributed by atoms with Gasteiger partial charge < -0.3 is 9.88 Å². The van der Waals surface area contributed by atoms with E-state index in [2.05, 4.69) is 49.0 Å². The van der Waals surface area contributed by atoms with Gasteiger partial charge in [0.1, 0.15) is 0 Å². The molecule has 0 saturated carbocycles. The molecule has 1 unspecified atom stereocenters. The highest BCUT2D eigenvalue weighted by Crippen LogP contribution is 2.29. The molecule has 1 atom stereocenters. The van der Waals surface area contributed by atoms with E-state index >= 15 is 0 Å². The number of halogens is 1. The van der Waals surface area contributed by atoms with Crippen molar-refractivity contribution in [2.75, 3.05) is 4.72 Å². The zero-order valence-electron chi connectivity index (χ0n) is 20.0. The Morgan fingerprint density at radius 3 is 2.24 bits per heavy atom. The van der Waals surface area contributed by atoms with Crippen molar-refractivity contribution < 1.29 is 8.42 Å². The molecule has 0 aliphatic carbocycles. The van der Waals surface area contributed by atoms with E-state index in [0.717, 1.165) is 17.0 Å². The SMILES string of the molecule is C=c1c2c(Cl)ccc(NS(=O)(=O)c3ccc(C(C)(C)C)cc3)c2c(=C)n1C1N=C(C)C=C(C)N1. The summed E-state index contributed by atoms with van der Waals surface area (Å²) in [4.78, 5) is 4.84. The maximum absolute atomic E-state index is 13.3. The van der Waals surface area contributed by atoms with Crippen LogP contribution in [0.1, 0.15) is 46.5 Å². The fourth-order valence-corrected chi connectivity index (χ4v) is 5.56. The molecule has 1 aromatic heterocycles. The van der Waals surface area contributed by atoms with Gasteiger partial charge in [0.2, 0.25) is 6.29 Å². The second kappa shape index (κ2) is 8.32. The van der Waals surface area contributed by atoms with Crippen molar-refractivity contribution in [2.45, 2.75) is 51.2 Å². The molecular formula is C26H29ClN4O2S. The number of nitrogens with one attached hydrogen (secondary N) is 2. The van der Waals surface area contributed by atoms with E-state index in [1.54, 1.807) is 24.3 Å². The summed E-state index contributed by atoms with van der Waals surface area (Å²) < 4.78 is 31.1. The van der Waals surface area contributed by atoms with Crippen molar-refractivity contribution in [3.05, 3.63) is 69.5 Å². The third kappa shape index (κ3) is 4.26. The van der Waals surface area contributed by atoms with Crippen molar-refractivity contribution in [1.82, 2.24) is 9.88 Å². The van der Waals surface area contributed by atoms with Crippen LogP contribution in [0, 0.1) is 0 Å². The van der Waals surface area contributed by atoms with Crippen molar-refractivity contribution in [1.29, 1.82) is 0 Å². The lowest BCUT2D eigenvalue weighted by molar-refractivity contribution is 0.442. The summed E-state index contributed by atoms with van der Waals surface area (Å²) in [5.74, 6) is 0. The van der Waals surface area contributed by atoms with Gasteiger partial charge in [-0.05, 0) is 55.2 Å². The monoisotopic (exact) mass is 496 g/mol. The largest absolute Gasteiger partial charge is 0.350 e. The van der Waals surface area contributed by atoms with Crippen molar-refractivity contribution in [3.8, 4) is 0 Å². The summed E-state index contributed by atoms with van der Waals surface area (Å²) in [6, 6.07) is 10.2. The number of nitrogens with zero attached hydrogens (tertiary/aromatic N) is 2. The van der Waals surface area contributed by atoms with Gasteiger partial charge in [0.05, 0.1) is 15.6 Å². The average Bonchev–Trinajstić information content (AvgIpc) is 3.00. The second-order valence-corrected chi connectivity index (χ2v) is 11.7. The van der Waals surface area contributed by atoms with Crippen LogP contribution in [0.25, 0.3) is 23.9 Å². The molecule has 3 aromatic rings. The number of allylic oxidation sites excluding steroid dienone is 2. The first-order valence-electron chi connectivity index (χ1n) is 10.9. The van der Waals surface area contributed by atoms with Gasteiger partial charge in [0.25, 0.3) is 10.0 Å². The molecular weight excluding hydrogens is 468 g/mol. The lowest BCUT2D eigenvalue weighted by atomic mass is 9.87. The van der Waals surface area contributed by atoms with Gasteiger partial charge in [-0.15, -0.1) is 0 Å². The molecule has 178 valence electrons. The van der Waals surface area contributed by atoms with E-state index in [1.165, 1.54) is 0 Å². The number of aromatic nitrogens is 1. The minimum Gasteiger partial charge on any atom is -0.350 e. The minimum absolute atomic E-state index is 0.0736. The van der Waals surface area contributed by atoms with Crippen LogP contribution in [0.5, 0.6) is 0 Å². The predicted octanol–water partition coefficient (Wildman–Crippen LogP) is 4.64. The third-order valence-corrected chi connectivity index (χ3v) is 7.64. The molecule has 0 spiro atoms. The predicted molar refractivity (Wildman–Crippen MR) is 142 cm³/mol. The molecule has 2 N–H and O–H groups in total. The molecule has 4 rings (SSSR count). The van der Waals surface area contributed by atoms with Crippen molar-refractivity contribution >= 4 is 57.0 Å². The summed E-state index contributed by atoms with van der Waals surface area (Å²) in [7, 11) is -3.85. The Morgan fingerprint density at radius 1 is 1.03 bits per heavy atom. The van der Waals surface area contributed by atoms with Gasteiger partial charge in [-0.25, -0.2) is 13.4 Å². The number of sulfonamides is 1. The molecule has 0 saturated heterocycles. The van der Waals surface area contributed by atoms with Crippen LogP contribution in [0.2, 0.25) is 5.02 Å². The Morgan fingerprint density at radius 2 is 1.65 bits per heavy atom. The molecule has 8 heteroatoms. The van der Waals surface area contributed by atoms with Crippen LogP contribution in [-0.2, 0) is 15.4 Å². The molecule has 2 heterocycles. The van der Waals surface area contributed by atoms with E-state index in [9.17, 15) is 8.42 Å². The minimum atomic E-state index is -3.85. The highest BCUT2D eigenvalue weighted by atomic mass is 35.5. The van der Waals surface area contributed by atoms with Crippen LogP contribution in [-0.4, -0.2) is 18.7 Å². The average molecular weight is 497 g/mol. The zero-order valence-corrected chi connectivity index (χ0v) is 21.6. The molecule has 1 aliphatic heterocycles. The van der Waals surface area contributed by atoms with Crippen molar-refractivity contribution in [3.63, 3.8) is 0 Å². The maximum atomic E-state index is 13.3. The summed E-state index contributed by atoms with van der Waals surface area (Å²) in [6.07, 6.45) is 1.49. The van der Waals surface area contributed by atoms with Gasteiger partial charge in [0.15, 0.2) is 0 Å². The Hall–Kier alpha value is -3.03. The number of rotatable bonds is 4. The van der Waals surface area contributed by atoms with Gasteiger partial charge in [-0.1, -0.05) is 57.7 Å². The molecule has 0 amide bonds. The maximum Gasteiger partial charge on any atom is 0.261 e. The summed E-state index contributed by atoms with van der Waals surface area (Å²) in [5.41, 5.74) is 3.19. The Bertz CT molecular complexity index is 1560. The number of benzene rings is 2. The van der Waals surface area contributed by atoms with Crippen LogP contribution in [0.3, 0.4) is 0 Å². The fraction of sp³-hybridized carbons (Fsp3) is 0.269. The van der Waals surface area contributed by atoms with E-state index in [4.69, 9.17) is 11.6 Å². The first-order chi connectivity index (χ1) is 15.8. The van der Waals surface area contributed by atoms with Gasteiger partial charge in [-0.2, -0.15) is 0 Å². The van der Waals surface area contributed by atoms with Crippen molar-refractivity contribution in [2.24, 2.45) is 4.99 Å². The van der Waals surface area contributed by atoms with E-state index in [0.29, 0.717) is 32.2 Å². The van der Waals surface area contributed by atoms with E-state index < -0.39 is 16.3 Å². The quantitative estimate of drug-likeness (QED) is 0.552. The normalized spacial score (nSPS) is 16.7. The zero-order chi connectivity index (χ0) is 25.0. The highest BCUT2D eigenvalue weighted by molar-refractivity contribution is 7.92. The van der Waals surface area contributed by atoms with Gasteiger partial charge in [0, 0.05) is 32.9 Å². The number of fused-ring (bicyclic) bond motifs is 1. The van der Waals surface area contributed by atoms with Crippen LogP contribution < -0.4 is 20.7 Å². The number of anilines is 1. The lowest BCUT2D eigenvalue weighted by Crippen LogP contribution is -2.38. The van der Waals surface area contributed by atoms with Crippen LogP contribution >= 0.6 is 11.6 Å². The smallest absolute Gasteiger partial charge is 0.261 e. The third-order valence-electron chi connectivity index (χ3n) is 5.94. The van der Waals surface area contributed by atoms with Crippen LogP contribution in [0.15, 0.2) is 58.1 Å². The second-order valence-electron chi connectivity index (χ2n) is 9.60. The topological polar surface area (TPSA) is 75.5 Å². The number of hydrogen-bond donors (Lipinski definition) is 2. The first kappa shape index (κ1) is 24.1. The number of aliphatic imine (C=N–C) groups is 1. The Kier molecular flexibility index (Phi) is 5.90. The van der Waals surface area contributed by atoms with Gasteiger partial charge >= 0.3 is 0 Å². The van der Waals surface area contributed by atoms with E-state index in [-0.39, 0.29) is 10.3 Å². The standard InChI is InChI=1S/C26H29ClN4O2S/c1-15-14-16(2)29-25(28-15)31-17(3)23-21(27)12-13-22(24(23)18(31)4)30-34(32,33)20-10-8-19(9-11-20)26(5,6)7/h8-14,25,28,30H,3-4H2,1-2,5-7H3. The molecule has 0 bridgehead atoms. The molecule has 6 nitrogen and oxygen atoms in total. The fourth-order valence-electron chi connectivity index (χ4n) is 4.22. The van der Waals surface area contributed by atoms with Crippen LogP contribution in [0.4, 0.5) is 5.69 Å². The molecule has 34 heavy (non-hydrogen) atoms. The summed E-state index contributed by atoms with van der Waals surface area (Å²) in [5, 5.41) is 6.16. The van der Waals surface area contributed by atoms with E-state index in [1.807, 2.05) is 36.6 Å². The summed E-state index contributed by atoms with van der Waals surface area (Å²) in [6.45, 7) is 18.6. The molecule has 1 aliphatic rings. The summed E-state index contributed by atoms with van der Waals surface area (Å²) >= 11 is 6.54. The molecule has 2 aromatic carbocycles. The Labute approximate surface area is 205 Å². The van der Waals surface area contributed by atoms with Gasteiger partial charge in [-0.3, -0.25) is 4.72 Å².